The fraction of sp³-hybridized carbons (Fsp3) is 0.400. The average Bonchev–Trinajstić information content (AvgIpc) is 2.97. The van der Waals surface area contributed by atoms with Gasteiger partial charge in [0.15, 0.2) is 5.82 Å². The van der Waals surface area contributed by atoms with Gasteiger partial charge in [0.2, 0.25) is 0 Å². The number of para-hydroxylation sites is 1. The predicted octanol–water partition coefficient (Wildman–Crippen LogP) is 4.33. The first-order valence-corrected chi connectivity index (χ1v) is 13.6. The molecule has 3 aromatic rings. The number of ether oxygens (including phenoxy) is 1. The zero-order valence-corrected chi connectivity index (χ0v) is 22.5. The molecule has 2 saturated heterocycles. The van der Waals surface area contributed by atoms with Gasteiger partial charge in [0.25, 0.3) is 5.91 Å². The summed E-state index contributed by atoms with van der Waals surface area (Å²) in [6.45, 7) is 7.33. The summed E-state index contributed by atoms with van der Waals surface area (Å²) in [5, 5.41) is 0. The molecule has 0 saturated carbocycles. The number of aryl methyl sites for hydroxylation is 1. The molecule has 0 radical (unpaired) electrons. The summed E-state index contributed by atoms with van der Waals surface area (Å²) in [6.07, 6.45) is 3.05. The zero-order chi connectivity index (χ0) is 27.4. The quantitative estimate of drug-likeness (QED) is 0.438. The number of piperazine rings is 1. The van der Waals surface area contributed by atoms with Gasteiger partial charge in [-0.15, -0.1) is 0 Å². The number of carbonyl (C=O) groups is 2. The molecule has 2 fully saturated rings. The molecule has 9 heteroatoms. The highest BCUT2D eigenvalue weighted by Crippen LogP contribution is 2.28. The van der Waals surface area contributed by atoms with Crippen LogP contribution in [0.3, 0.4) is 0 Å². The van der Waals surface area contributed by atoms with Crippen molar-refractivity contribution in [3.63, 3.8) is 0 Å². The molecule has 5 rings (SSSR count). The summed E-state index contributed by atoms with van der Waals surface area (Å²) in [6, 6.07) is 14.7. The van der Waals surface area contributed by atoms with Crippen LogP contribution >= 0.6 is 0 Å². The summed E-state index contributed by atoms with van der Waals surface area (Å²) in [5.41, 5.74) is 2.96. The fourth-order valence-corrected chi connectivity index (χ4v) is 5.34. The van der Waals surface area contributed by atoms with E-state index in [1.54, 1.807) is 30.2 Å². The second kappa shape index (κ2) is 11.8. The van der Waals surface area contributed by atoms with Gasteiger partial charge in [-0.05, 0) is 44.9 Å². The summed E-state index contributed by atoms with van der Waals surface area (Å²) >= 11 is 0. The Morgan fingerprint density at radius 3 is 2.54 bits per heavy atom. The number of esters is 1. The molecule has 8 nitrogen and oxygen atoms in total. The summed E-state index contributed by atoms with van der Waals surface area (Å²) < 4.78 is 19.6. The van der Waals surface area contributed by atoms with Crippen LogP contribution in [0.5, 0.6) is 0 Å². The average molecular weight is 532 g/mol. The van der Waals surface area contributed by atoms with Crippen molar-refractivity contribution in [3.05, 3.63) is 71.7 Å². The largest absolute Gasteiger partial charge is 0.466 e. The maximum atomic E-state index is 14.4. The van der Waals surface area contributed by atoms with Gasteiger partial charge in [-0.2, -0.15) is 0 Å². The standard InChI is InChI=1S/C30H34FN5O3/c1-3-39-30(38)23-10-7-13-36(20-23)29(37)24-19-32-27(22-9-6-8-21(2)18-22)33-28(24)35-16-14-34(15-17-35)26-12-5-4-11-25(26)31/h4-6,8-9,11-12,18-19,23H,3,7,10,13-17,20H2,1-2H3. The molecule has 1 amide bonds. The number of hydrogen-bond donors (Lipinski definition) is 0. The van der Waals surface area contributed by atoms with Crippen molar-refractivity contribution in [3.8, 4) is 11.4 Å². The Labute approximate surface area is 228 Å². The first kappa shape index (κ1) is 26.6. The summed E-state index contributed by atoms with van der Waals surface area (Å²) in [4.78, 5) is 41.5. The van der Waals surface area contributed by atoms with Crippen molar-refractivity contribution < 1.29 is 18.7 Å². The molecule has 1 aromatic heterocycles. The van der Waals surface area contributed by atoms with Crippen LogP contribution in [0.4, 0.5) is 15.9 Å². The number of nitrogens with zero attached hydrogens (tertiary/aromatic N) is 5. The minimum Gasteiger partial charge on any atom is -0.466 e. The lowest BCUT2D eigenvalue weighted by Crippen LogP contribution is -2.48. The van der Waals surface area contributed by atoms with Gasteiger partial charge in [-0.25, -0.2) is 14.4 Å². The number of anilines is 2. The van der Waals surface area contributed by atoms with E-state index < -0.39 is 0 Å². The molecule has 2 aromatic carbocycles. The predicted molar refractivity (Wildman–Crippen MR) is 148 cm³/mol. The number of likely N-dealkylation sites (tertiary alicyclic amines) is 1. The summed E-state index contributed by atoms with van der Waals surface area (Å²) in [7, 11) is 0. The molecule has 1 atom stereocenters. The van der Waals surface area contributed by atoms with Crippen molar-refractivity contribution in [1.29, 1.82) is 0 Å². The van der Waals surface area contributed by atoms with E-state index in [2.05, 4.69) is 9.88 Å². The molecule has 0 spiro atoms. The molecule has 1 unspecified atom stereocenters. The van der Waals surface area contributed by atoms with Gasteiger partial charge in [0.1, 0.15) is 17.2 Å². The van der Waals surface area contributed by atoms with Crippen LogP contribution in [0.2, 0.25) is 0 Å². The molecule has 2 aliphatic rings. The van der Waals surface area contributed by atoms with E-state index in [1.807, 2.05) is 42.2 Å². The maximum Gasteiger partial charge on any atom is 0.310 e. The Hall–Kier alpha value is -4.01. The highest BCUT2D eigenvalue weighted by atomic mass is 19.1. The molecule has 204 valence electrons. The zero-order valence-electron chi connectivity index (χ0n) is 22.5. The Morgan fingerprint density at radius 2 is 1.79 bits per heavy atom. The molecular formula is C30H34FN5O3. The topological polar surface area (TPSA) is 78.9 Å². The lowest BCUT2D eigenvalue weighted by Gasteiger charge is -2.38. The van der Waals surface area contributed by atoms with Crippen LogP contribution in [0.15, 0.2) is 54.7 Å². The minimum atomic E-state index is -0.331. The van der Waals surface area contributed by atoms with Crippen LogP contribution in [0.25, 0.3) is 11.4 Å². The first-order valence-electron chi connectivity index (χ1n) is 13.6. The Bertz CT molecular complexity index is 1340. The van der Waals surface area contributed by atoms with E-state index in [9.17, 15) is 14.0 Å². The lowest BCUT2D eigenvalue weighted by molar-refractivity contribution is -0.149. The number of aromatic nitrogens is 2. The van der Waals surface area contributed by atoms with Crippen molar-refractivity contribution in [2.75, 3.05) is 55.7 Å². The highest BCUT2D eigenvalue weighted by Gasteiger charge is 2.33. The minimum absolute atomic E-state index is 0.189. The van der Waals surface area contributed by atoms with Crippen molar-refractivity contribution >= 4 is 23.4 Å². The maximum absolute atomic E-state index is 14.4. The third kappa shape index (κ3) is 5.87. The van der Waals surface area contributed by atoms with Crippen molar-refractivity contribution in [1.82, 2.24) is 14.9 Å². The second-order valence-corrected chi connectivity index (χ2v) is 10.1. The monoisotopic (exact) mass is 531 g/mol. The Balaban J connectivity index is 1.43. The number of hydrogen-bond acceptors (Lipinski definition) is 7. The highest BCUT2D eigenvalue weighted by molar-refractivity contribution is 5.99. The van der Waals surface area contributed by atoms with E-state index in [0.29, 0.717) is 75.2 Å². The number of benzene rings is 2. The van der Waals surface area contributed by atoms with Crippen LogP contribution in [0.1, 0.15) is 35.7 Å². The van der Waals surface area contributed by atoms with Crippen LogP contribution in [-0.2, 0) is 9.53 Å². The van der Waals surface area contributed by atoms with Crippen molar-refractivity contribution in [2.24, 2.45) is 5.92 Å². The molecule has 0 N–H and O–H groups in total. The molecule has 0 aliphatic carbocycles. The van der Waals surface area contributed by atoms with E-state index in [1.165, 1.54) is 6.07 Å². The molecule has 2 aliphatic heterocycles. The van der Waals surface area contributed by atoms with Crippen LogP contribution in [0, 0.1) is 18.7 Å². The Morgan fingerprint density at radius 1 is 1.03 bits per heavy atom. The smallest absolute Gasteiger partial charge is 0.310 e. The van der Waals surface area contributed by atoms with Gasteiger partial charge in [-0.3, -0.25) is 9.59 Å². The van der Waals surface area contributed by atoms with Gasteiger partial charge >= 0.3 is 5.97 Å². The Kier molecular flexibility index (Phi) is 8.05. The van der Waals surface area contributed by atoms with E-state index in [0.717, 1.165) is 17.5 Å². The third-order valence-corrected chi connectivity index (χ3v) is 7.38. The number of rotatable bonds is 6. The number of halogens is 1. The van der Waals surface area contributed by atoms with E-state index in [-0.39, 0.29) is 23.6 Å². The molecule has 39 heavy (non-hydrogen) atoms. The van der Waals surface area contributed by atoms with Gasteiger partial charge < -0.3 is 19.4 Å². The normalized spacial score (nSPS) is 17.7. The van der Waals surface area contributed by atoms with Crippen LogP contribution in [-0.4, -0.2) is 72.6 Å². The SMILES string of the molecule is CCOC(=O)C1CCCN(C(=O)c2cnc(-c3cccc(C)c3)nc2N2CCN(c3ccccc3F)CC2)C1. The number of piperidine rings is 1. The first-order chi connectivity index (χ1) is 18.9. The molecule has 3 heterocycles. The van der Waals surface area contributed by atoms with Crippen LogP contribution < -0.4 is 9.80 Å². The summed E-state index contributed by atoms with van der Waals surface area (Å²) in [5.74, 6) is 0.0920. The van der Waals surface area contributed by atoms with Gasteiger partial charge in [0, 0.05) is 51.0 Å². The fourth-order valence-electron chi connectivity index (χ4n) is 5.34. The van der Waals surface area contributed by atoms with Gasteiger partial charge in [0.05, 0.1) is 18.2 Å². The third-order valence-electron chi connectivity index (χ3n) is 7.38. The van der Waals surface area contributed by atoms with Crippen molar-refractivity contribution in [2.45, 2.75) is 26.7 Å². The number of carbonyl (C=O) groups excluding carboxylic acids is 2. The number of amides is 1. The molecular weight excluding hydrogens is 497 g/mol. The van der Waals surface area contributed by atoms with E-state index >= 15 is 0 Å². The van der Waals surface area contributed by atoms with Gasteiger partial charge in [-0.1, -0.05) is 35.9 Å². The molecule has 0 bridgehead atoms. The lowest BCUT2D eigenvalue weighted by atomic mass is 9.97. The second-order valence-electron chi connectivity index (χ2n) is 10.1. The van der Waals surface area contributed by atoms with E-state index in [4.69, 9.17) is 9.72 Å².